The number of esters is 1. The molecule has 2 aromatic heterocycles. The monoisotopic (exact) mass is 320 g/mol. The summed E-state index contributed by atoms with van der Waals surface area (Å²) in [7, 11) is 0. The molecule has 0 fully saturated rings. The molecular weight excluding hydrogens is 304 g/mol. The van der Waals surface area contributed by atoms with Gasteiger partial charge in [0.1, 0.15) is 6.61 Å². The lowest BCUT2D eigenvalue weighted by molar-refractivity contribution is -0.132. The van der Waals surface area contributed by atoms with Crippen molar-refractivity contribution in [2.24, 2.45) is 0 Å². The number of hydrogen-bond donors (Lipinski definition) is 0. The summed E-state index contributed by atoms with van der Waals surface area (Å²) in [6.07, 6.45) is 0. The summed E-state index contributed by atoms with van der Waals surface area (Å²) >= 11 is 0. The van der Waals surface area contributed by atoms with Crippen LogP contribution in [0.2, 0.25) is 0 Å². The molecule has 0 atom stereocenters. The minimum atomic E-state index is -0.410. The van der Waals surface area contributed by atoms with Crippen molar-refractivity contribution < 1.29 is 14.3 Å². The zero-order valence-corrected chi connectivity index (χ0v) is 13.2. The number of nitrogens with zero attached hydrogens (tertiary/aromatic N) is 2. The fourth-order valence-electron chi connectivity index (χ4n) is 2.13. The molecule has 0 unspecified atom stereocenters. The summed E-state index contributed by atoms with van der Waals surface area (Å²) in [5, 5.41) is 0. The molecule has 24 heavy (non-hydrogen) atoms. The number of aromatic nitrogens is 2. The number of hydrogen-bond acceptors (Lipinski definition) is 5. The summed E-state index contributed by atoms with van der Waals surface area (Å²) in [6, 6.07) is 20.5. The number of rotatable bonds is 5. The molecule has 0 bridgehead atoms. The molecule has 1 aromatic carbocycles. The van der Waals surface area contributed by atoms with Crippen LogP contribution >= 0.6 is 0 Å². The van der Waals surface area contributed by atoms with Crippen molar-refractivity contribution in [3.8, 4) is 23.1 Å². The van der Waals surface area contributed by atoms with Crippen LogP contribution in [0.4, 0.5) is 0 Å². The fourth-order valence-corrected chi connectivity index (χ4v) is 2.13. The van der Waals surface area contributed by atoms with Crippen LogP contribution in [0.5, 0.6) is 11.8 Å². The first-order valence-corrected chi connectivity index (χ1v) is 7.50. The van der Waals surface area contributed by atoms with E-state index in [0.717, 1.165) is 5.56 Å². The van der Waals surface area contributed by atoms with Gasteiger partial charge in [0.25, 0.3) is 0 Å². The van der Waals surface area contributed by atoms with Crippen LogP contribution < -0.4 is 9.47 Å². The van der Waals surface area contributed by atoms with E-state index < -0.39 is 5.97 Å². The summed E-state index contributed by atoms with van der Waals surface area (Å²) in [5.41, 5.74) is 2.33. The summed E-state index contributed by atoms with van der Waals surface area (Å²) < 4.78 is 10.7. The Hall–Kier alpha value is -3.21. The Morgan fingerprint density at radius 1 is 0.833 bits per heavy atom. The van der Waals surface area contributed by atoms with E-state index in [9.17, 15) is 4.79 Å². The van der Waals surface area contributed by atoms with E-state index in [0.29, 0.717) is 23.9 Å². The molecule has 3 aromatic rings. The van der Waals surface area contributed by atoms with Gasteiger partial charge in [0, 0.05) is 19.1 Å². The van der Waals surface area contributed by atoms with Crippen molar-refractivity contribution in [2.45, 2.75) is 13.5 Å². The van der Waals surface area contributed by atoms with Crippen LogP contribution in [0.25, 0.3) is 11.4 Å². The minimum Gasteiger partial charge on any atom is -0.473 e. The average Bonchev–Trinajstić information content (AvgIpc) is 2.61. The van der Waals surface area contributed by atoms with Crippen LogP contribution in [-0.2, 0) is 11.4 Å². The van der Waals surface area contributed by atoms with Gasteiger partial charge >= 0.3 is 5.97 Å². The number of carbonyl (C=O) groups is 1. The van der Waals surface area contributed by atoms with Gasteiger partial charge in [0.05, 0.1) is 11.4 Å². The minimum absolute atomic E-state index is 0.248. The second-order valence-corrected chi connectivity index (χ2v) is 5.09. The van der Waals surface area contributed by atoms with Gasteiger partial charge in [-0.05, 0) is 17.7 Å². The molecule has 5 nitrogen and oxygen atoms in total. The maximum absolute atomic E-state index is 11.0. The van der Waals surface area contributed by atoms with E-state index in [1.165, 1.54) is 6.92 Å². The van der Waals surface area contributed by atoms with E-state index >= 15 is 0 Å². The molecule has 120 valence electrons. The Balaban J connectivity index is 1.76. The highest BCUT2D eigenvalue weighted by molar-refractivity contribution is 5.69. The van der Waals surface area contributed by atoms with Crippen LogP contribution in [-0.4, -0.2) is 15.9 Å². The third kappa shape index (κ3) is 4.16. The first-order chi connectivity index (χ1) is 11.7. The van der Waals surface area contributed by atoms with E-state index in [4.69, 9.17) is 9.47 Å². The molecule has 0 saturated heterocycles. The van der Waals surface area contributed by atoms with Crippen molar-refractivity contribution >= 4 is 5.97 Å². The van der Waals surface area contributed by atoms with Gasteiger partial charge in [-0.1, -0.05) is 42.5 Å². The van der Waals surface area contributed by atoms with Gasteiger partial charge in [-0.3, -0.25) is 4.79 Å². The number of pyridine rings is 2. The average molecular weight is 320 g/mol. The Kier molecular flexibility index (Phi) is 4.81. The molecular formula is C19H16N2O3. The lowest BCUT2D eigenvalue weighted by Crippen LogP contribution is -2.03. The molecule has 0 aliphatic carbocycles. The Morgan fingerprint density at radius 2 is 1.46 bits per heavy atom. The molecule has 0 N–H and O–H groups in total. The predicted octanol–water partition coefficient (Wildman–Crippen LogP) is 3.65. The van der Waals surface area contributed by atoms with Crippen LogP contribution in [0.15, 0.2) is 66.7 Å². The topological polar surface area (TPSA) is 61.3 Å². The van der Waals surface area contributed by atoms with Gasteiger partial charge in [-0.25, -0.2) is 9.97 Å². The van der Waals surface area contributed by atoms with Crippen molar-refractivity contribution in [3.05, 3.63) is 72.3 Å². The van der Waals surface area contributed by atoms with Crippen molar-refractivity contribution in [2.75, 3.05) is 0 Å². The van der Waals surface area contributed by atoms with Gasteiger partial charge in [0.2, 0.25) is 11.8 Å². The summed E-state index contributed by atoms with van der Waals surface area (Å²) in [6.45, 7) is 1.78. The Bertz CT molecular complexity index is 835. The number of benzene rings is 1. The van der Waals surface area contributed by atoms with Crippen LogP contribution in [0.3, 0.4) is 0 Å². The first kappa shape index (κ1) is 15.7. The lowest BCUT2D eigenvalue weighted by Gasteiger charge is -2.08. The zero-order chi connectivity index (χ0) is 16.8. The quantitative estimate of drug-likeness (QED) is 0.672. The SMILES string of the molecule is CC(=O)Oc1cccc(-c2cccc(OCc3ccccc3)n2)n1. The predicted molar refractivity (Wildman–Crippen MR) is 89.6 cm³/mol. The number of carbonyl (C=O) groups excluding carboxylic acids is 1. The van der Waals surface area contributed by atoms with Crippen molar-refractivity contribution in [3.63, 3.8) is 0 Å². The third-order valence-electron chi connectivity index (χ3n) is 3.19. The molecule has 3 rings (SSSR count). The fraction of sp³-hybridized carbons (Fsp3) is 0.105. The normalized spacial score (nSPS) is 10.2. The van der Waals surface area contributed by atoms with Crippen LogP contribution in [0.1, 0.15) is 12.5 Å². The highest BCUT2D eigenvalue weighted by Crippen LogP contribution is 2.21. The summed E-state index contributed by atoms with van der Waals surface area (Å²) in [5.74, 6) is 0.348. The standard InChI is InChI=1S/C19H16N2O3/c1-14(22)24-19-12-6-10-17(21-19)16-9-5-11-18(20-16)23-13-15-7-3-2-4-8-15/h2-12H,13H2,1H3. The molecule has 0 radical (unpaired) electrons. The second-order valence-electron chi connectivity index (χ2n) is 5.09. The second kappa shape index (κ2) is 7.37. The highest BCUT2D eigenvalue weighted by atomic mass is 16.5. The molecule has 0 saturated carbocycles. The maximum atomic E-state index is 11.0. The van der Waals surface area contributed by atoms with E-state index in [1.54, 1.807) is 24.3 Å². The highest BCUT2D eigenvalue weighted by Gasteiger charge is 2.06. The molecule has 5 heteroatoms. The van der Waals surface area contributed by atoms with Gasteiger partial charge in [0.15, 0.2) is 0 Å². The Morgan fingerprint density at radius 3 is 2.12 bits per heavy atom. The Labute approximate surface area is 139 Å². The van der Waals surface area contributed by atoms with E-state index in [1.807, 2.05) is 42.5 Å². The van der Waals surface area contributed by atoms with Crippen LogP contribution in [0, 0.1) is 0 Å². The largest absolute Gasteiger partial charge is 0.473 e. The third-order valence-corrected chi connectivity index (χ3v) is 3.19. The van der Waals surface area contributed by atoms with Crippen molar-refractivity contribution in [1.29, 1.82) is 0 Å². The lowest BCUT2D eigenvalue weighted by atomic mass is 10.2. The number of ether oxygens (including phenoxy) is 2. The summed E-state index contributed by atoms with van der Waals surface area (Å²) in [4.78, 5) is 19.8. The zero-order valence-electron chi connectivity index (χ0n) is 13.2. The van der Waals surface area contributed by atoms with E-state index in [2.05, 4.69) is 9.97 Å². The molecule has 0 spiro atoms. The smallest absolute Gasteiger partial charge is 0.309 e. The maximum Gasteiger partial charge on any atom is 0.309 e. The van der Waals surface area contributed by atoms with Gasteiger partial charge < -0.3 is 9.47 Å². The van der Waals surface area contributed by atoms with Crippen molar-refractivity contribution in [1.82, 2.24) is 9.97 Å². The van der Waals surface area contributed by atoms with Gasteiger partial charge in [-0.15, -0.1) is 0 Å². The first-order valence-electron chi connectivity index (χ1n) is 7.50. The van der Waals surface area contributed by atoms with E-state index in [-0.39, 0.29) is 5.88 Å². The van der Waals surface area contributed by atoms with Gasteiger partial charge in [-0.2, -0.15) is 0 Å². The molecule has 0 amide bonds. The molecule has 0 aliphatic rings. The molecule has 2 heterocycles. The molecule has 0 aliphatic heterocycles.